The van der Waals surface area contributed by atoms with Crippen molar-refractivity contribution in [3.8, 4) is 0 Å². The summed E-state index contributed by atoms with van der Waals surface area (Å²) in [5, 5.41) is 9.89. The van der Waals surface area contributed by atoms with E-state index in [1.54, 1.807) is 6.07 Å². The first-order valence-electron chi connectivity index (χ1n) is 6.88. The molecular weight excluding hydrogens is 305 g/mol. The van der Waals surface area contributed by atoms with Gasteiger partial charge in [0.25, 0.3) is 0 Å². The number of rotatable bonds is 7. The highest BCUT2D eigenvalue weighted by Gasteiger charge is 2.14. The third-order valence-corrected chi connectivity index (χ3v) is 4.42. The van der Waals surface area contributed by atoms with Gasteiger partial charge >= 0.3 is 0 Å². The summed E-state index contributed by atoms with van der Waals surface area (Å²) in [5.74, 6) is -0.792. The van der Waals surface area contributed by atoms with Gasteiger partial charge in [-0.15, -0.1) is 0 Å². The average molecular weight is 323 g/mol. The zero-order valence-electron chi connectivity index (χ0n) is 11.9. The average Bonchev–Trinajstić information content (AvgIpc) is 2.46. The van der Waals surface area contributed by atoms with Gasteiger partial charge in [-0.05, 0) is 29.7 Å². The number of aliphatic hydroxyl groups excluding tert-OH is 1. The predicted molar refractivity (Wildman–Crippen MR) is 83.2 cm³/mol. The molecule has 6 heteroatoms. The third kappa shape index (κ3) is 5.55. The lowest BCUT2D eigenvalue weighted by molar-refractivity contribution is 0.179. The minimum absolute atomic E-state index is 0.0768. The fourth-order valence-electron chi connectivity index (χ4n) is 2.08. The van der Waals surface area contributed by atoms with Gasteiger partial charge in [0.1, 0.15) is 5.82 Å². The Bertz CT molecular complexity index is 704. The molecule has 0 radical (unpaired) electrons. The molecule has 0 bridgehead atoms. The van der Waals surface area contributed by atoms with Crippen LogP contribution in [-0.2, 0) is 22.2 Å². The Morgan fingerprint density at radius 3 is 2.41 bits per heavy atom. The number of sulfonamides is 1. The Labute approximate surface area is 129 Å². The molecule has 4 nitrogen and oxygen atoms in total. The van der Waals surface area contributed by atoms with Crippen LogP contribution in [0.4, 0.5) is 4.39 Å². The third-order valence-electron chi connectivity index (χ3n) is 3.10. The van der Waals surface area contributed by atoms with Gasteiger partial charge in [-0.25, -0.2) is 17.5 Å². The van der Waals surface area contributed by atoms with E-state index < -0.39 is 21.9 Å². The minimum Gasteiger partial charge on any atom is -0.391 e. The van der Waals surface area contributed by atoms with Crippen LogP contribution in [0.3, 0.4) is 0 Å². The molecule has 1 atom stereocenters. The SMILES string of the molecule is O=S(=O)(Cc1cccc(F)c1)NC[C@H](O)Cc1ccccc1. The summed E-state index contributed by atoms with van der Waals surface area (Å²) < 4.78 is 39.2. The lowest BCUT2D eigenvalue weighted by Crippen LogP contribution is -2.34. The molecule has 0 aliphatic heterocycles. The van der Waals surface area contributed by atoms with Crippen molar-refractivity contribution in [2.45, 2.75) is 18.3 Å². The molecule has 0 amide bonds. The second-order valence-corrected chi connectivity index (χ2v) is 6.89. The van der Waals surface area contributed by atoms with Crippen LogP contribution in [0.1, 0.15) is 11.1 Å². The zero-order valence-corrected chi connectivity index (χ0v) is 12.8. The predicted octanol–water partition coefficient (Wildman–Crippen LogP) is 1.85. The van der Waals surface area contributed by atoms with Crippen molar-refractivity contribution in [3.05, 3.63) is 71.5 Å². The van der Waals surface area contributed by atoms with Crippen molar-refractivity contribution in [3.63, 3.8) is 0 Å². The smallest absolute Gasteiger partial charge is 0.215 e. The van der Waals surface area contributed by atoms with Gasteiger partial charge < -0.3 is 5.11 Å². The number of hydrogen-bond acceptors (Lipinski definition) is 3. The van der Waals surface area contributed by atoms with Crippen LogP contribution < -0.4 is 4.72 Å². The van der Waals surface area contributed by atoms with Gasteiger partial charge in [-0.3, -0.25) is 0 Å². The molecule has 0 saturated heterocycles. The summed E-state index contributed by atoms with van der Waals surface area (Å²) in [5.41, 5.74) is 1.30. The molecule has 0 spiro atoms. The summed E-state index contributed by atoms with van der Waals surface area (Å²) in [7, 11) is -3.62. The van der Waals surface area contributed by atoms with Crippen LogP contribution in [0, 0.1) is 5.82 Å². The first kappa shape index (κ1) is 16.6. The van der Waals surface area contributed by atoms with Gasteiger partial charge in [0.15, 0.2) is 0 Å². The second kappa shape index (κ2) is 7.49. The van der Waals surface area contributed by atoms with Crippen LogP contribution in [0.5, 0.6) is 0 Å². The second-order valence-electron chi connectivity index (χ2n) is 5.08. The van der Waals surface area contributed by atoms with E-state index in [1.807, 2.05) is 30.3 Å². The quantitative estimate of drug-likeness (QED) is 0.817. The van der Waals surface area contributed by atoms with E-state index in [-0.39, 0.29) is 12.3 Å². The standard InChI is InChI=1S/C16H18FNO3S/c17-15-8-4-7-14(9-15)12-22(20,21)18-11-16(19)10-13-5-2-1-3-6-13/h1-9,16,18-19H,10-12H2/t16-/m1/s1. The molecule has 2 N–H and O–H groups in total. The van der Waals surface area contributed by atoms with E-state index in [1.165, 1.54) is 18.2 Å². The van der Waals surface area contributed by atoms with E-state index in [2.05, 4.69) is 4.72 Å². The first-order chi connectivity index (χ1) is 10.4. The molecule has 2 aromatic rings. The molecule has 0 aliphatic carbocycles. The van der Waals surface area contributed by atoms with E-state index in [0.717, 1.165) is 5.56 Å². The van der Waals surface area contributed by atoms with Crippen LogP contribution >= 0.6 is 0 Å². The summed E-state index contributed by atoms with van der Waals surface area (Å²) in [6.45, 7) is -0.0768. The zero-order chi connectivity index (χ0) is 16.0. The molecule has 0 fully saturated rings. The van der Waals surface area contributed by atoms with Crippen molar-refractivity contribution in [2.75, 3.05) is 6.54 Å². The van der Waals surface area contributed by atoms with Gasteiger partial charge in [0, 0.05) is 6.54 Å². The number of benzene rings is 2. The topological polar surface area (TPSA) is 66.4 Å². The van der Waals surface area contributed by atoms with Crippen LogP contribution in [0.2, 0.25) is 0 Å². The Hall–Kier alpha value is -1.76. The molecule has 0 unspecified atom stereocenters. The summed E-state index contributed by atoms with van der Waals surface area (Å²) >= 11 is 0. The van der Waals surface area contributed by atoms with Gasteiger partial charge in [-0.2, -0.15) is 0 Å². The highest BCUT2D eigenvalue weighted by atomic mass is 32.2. The Balaban J connectivity index is 1.87. The first-order valence-corrected chi connectivity index (χ1v) is 8.53. The van der Waals surface area contributed by atoms with Gasteiger partial charge in [0.05, 0.1) is 11.9 Å². The minimum atomic E-state index is -3.62. The van der Waals surface area contributed by atoms with Crippen molar-refractivity contribution in [1.29, 1.82) is 0 Å². The van der Waals surface area contributed by atoms with Gasteiger partial charge in [0.2, 0.25) is 10.0 Å². The molecule has 118 valence electrons. The lowest BCUT2D eigenvalue weighted by Gasteiger charge is -2.12. The lowest BCUT2D eigenvalue weighted by atomic mass is 10.1. The summed E-state index contributed by atoms with van der Waals surface area (Å²) in [6, 6.07) is 14.8. The molecule has 2 aromatic carbocycles. The fraction of sp³-hybridized carbons (Fsp3) is 0.250. The molecular formula is C16H18FNO3S. The maximum absolute atomic E-state index is 13.0. The molecule has 0 aromatic heterocycles. The highest BCUT2D eigenvalue weighted by Crippen LogP contribution is 2.08. The van der Waals surface area contributed by atoms with Crippen molar-refractivity contribution < 1.29 is 17.9 Å². The molecule has 2 rings (SSSR count). The van der Waals surface area contributed by atoms with Gasteiger partial charge in [-0.1, -0.05) is 42.5 Å². The van der Waals surface area contributed by atoms with E-state index >= 15 is 0 Å². The maximum atomic E-state index is 13.0. The van der Waals surface area contributed by atoms with Crippen molar-refractivity contribution in [2.24, 2.45) is 0 Å². The summed E-state index contributed by atoms with van der Waals surface area (Å²) in [6.07, 6.45) is -0.451. The van der Waals surface area contributed by atoms with Crippen LogP contribution in [0.25, 0.3) is 0 Å². The van der Waals surface area contributed by atoms with E-state index in [0.29, 0.717) is 12.0 Å². The number of hydrogen-bond donors (Lipinski definition) is 2. The van der Waals surface area contributed by atoms with E-state index in [4.69, 9.17) is 0 Å². The van der Waals surface area contributed by atoms with Crippen LogP contribution in [-0.4, -0.2) is 26.2 Å². The normalized spacial score (nSPS) is 13.0. The fourth-order valence-corrected chi connectivity index (χ4v) is 3.25. The highest BCUT2D eigenvalue weighted by molar-refractivity contribution is 7.88. The summed E-state index contributed by atoms with van der Waals surface area (Å²) in [4.78, 5) is 0. The van der Waals surface area contributed by atoms with E-state index in [9.17, 15) is 17.9 Å². The van der Waals surface area contributed by atoms with Crippen LogP contribution in [0.15, 0.2) is 54.6 Å². The number of aliphatic hydroxyl groups is 1. The number of nitrogens with one attached hydrogen (secondary N) is 1. The van der Waals surface area contributed by atoms with Crippen molar-refractivity contribution >= 4 is 10.0 Å². The molecule has 0 aliphatic rings. The number of halogens is 1. The Morgan fingerprint density at radius 1 is 1.05 bits per heavy atom. The molecule has 0 saturated carbocycles. The van der Waals surface area contributed by atoms with Crippen molar-refractivity contribution in [1.82, 2.24) is 4.72 Å². The Kier molecular flexibility index (Phi) is 5.65. The molecule has 22 heavy (non-hydrogen) atoms. The monoisotopic (exact) mass is 323 g/mol. The largest absolute Gasteiger partial charge is 0.391 e. The molecule has 0 heterocycles. The maximum Gasteiger partial charge on any atom is 0.215 e. The Morgan fingerprint density at radius 2 is 1.73 bits per heavy atom.